The second-order valence-corrected chi connectivity index (χ2v) is 16.2. The van der Waals surface area contributed by atoms with Crippen molar-refractivity contribution >= 4 is 8.07 Å². The summed E-state index contributed by atoms with van der Waals surface area (Å²) in [5, 5.41) is 0. The minimum atomic E-state index is -1.28. The lowest BCUT2D eigenvalue weighted by Crippen LogP contribution is -2.30. The lowest BCUT2D eigenvalue weighted by Gasteiger charge is -2.38. The van der Waals surface area contributed by atoms with Gasteiger partial charge in [-0.25, -0.2) is 0 Å². The second-order valence-electron chi connectivity index (χ2n) is 10.7. The average Bonchev–Trinajstić information content (AvgIpc) is 2.97. The third-order valence-electron chi connectivity index (χ3n) is 8.64. The fraction of sp³-hybridized carbons (Fsp3) is 0.909. The monoisotopic (exact) mass is 366 g/mol. The van der Waals surface area contributed by atoms with Crippen LogP contribution >= 0.6 is 0 Å². The molecule has 0 aromatic carbocycles. The molecule has 0 aromatic heterocycles. The van der Waals surface area contributed by atoms with E-state index in [4.69, 9.17) is 0 Å². The highest BCUT2D eigenvalue weighted by Crippen LogP contribution is 2.62. The van der Waals surface area contributed by atoms with E-state index in [1.165, 1.54) is 51.4 Å². The van der Waals surface area contributed by atoms with E-state index in [-0.39, 0.29) is 11.8 Å². The predicted molar refractivity (Wildman–Crippen MR) is 103 cm³/mol. The van der Waals surface area contributed by atoms with Gasteiger partial charge in [-0.05, 0) is 79.6 Å². The Labute approximate surface area is 153 Å². The van der Waals surface area contributed by atoms with Gasteiger partial charge >= 0.3 is 0 Å². The average molecular weight is 367 g/mol. The molecule has 3 heteroatoms. The van der Waals surface area contributed by atoms with Gasteiger partial charge in [-0.15, -0.1) is 0 Å². The third kappa shape index (κ3) is 3.17. The molecule has 0 radical (unpaired) electrons. The molecule has 0 bridgehead atoms. The Morgan fingerprint density at radius 2 is 1.16 bits per heavy atom. The highest BCUT2D eigenvalue weighted by molar-refractivity contribution is 6.77. The predicted octanol–water partition coefficient (Wildman–Crippen LogP) is 7.50. The third-order valence-corrected chi connectivity index (χ3v) is 11.6. The molecule has 4 aliphatic carbocycles. The minimum absolute atomic E-state index is 0.222. The largest absolute Gasteiger partial charge is 0.270 e. The highest BCUT2D eigenvalue weighted by atomic mass is 28.3. The quantitative estimate of drug-likeness (QED) is 0.421. The van der Waals surface area contributed by atoms with Gasteiger partial charge in [0.1, 0.15) is 0 Å². The zero-order valence-corrected chi connectivity index (χ0v) is 17.4. The maximum absolute atomic E-state index is 14.2. The molecule has 4 saturated carbocycles. The Hall–Kier alpha value is -0.183. The fourth-order valence-electron chi connectivity index (χ4n) is 7.47. The maximum Gasteiger partial charge on any atom is 0.270 e. The zero-order chi connectivity index (χ0) is 17.8. The van der Waals surface area contributed by atoms with Crippen LogP contribution in [-0.2, 0) is 0 Å². The number of allylic oxidation sites excluding steroid dienone is 1. The van der Waals surface area contributed by atoms with Crippen molar-refractivity contribution in [3.05, 3.63) is 11.7 Å². The fourth-order valence-corrected chi connectivity index (χ4v) is 9.42. The minimum Gasteiger partial charge on any atom is -0.173 e. The van der Waals surface area contributed by atoms with Crippen molar-refractivity contribution in [3.63, 3.8) is 0 Å². The molecular weight excluding hydrogens is 330 g/mol. The van der Waals surface area contributed by atoms with Crippen LogP contribution < -0.4 is 0 Å². The van der Waals surface area contributed by atoms with E-state index < -0.39 is 14.2 Å². The molecule has 0 aliphatic heterocycles. The molecule has 0 spiro atoms. The molecule has 6 unspecified atom stereocenters. The van der Waals surface area contributed by atoms with Crippen LogP contribution in [0.15, 0.2) is 11.7 Å². The summed E-state index contributed by atoms with van der Waals surface area (Å²) >= 11 is 0. The van der Waals surface area contributed by atoms with Crippen molar-refractivity contribution in [2.24, 2.45) is 35.5 Å². The van der Waals surface area contributed by atoms with E-state index in [0.717, 1.165) is 30.2 Å². The first-order chi connectivity index (χ1) is 11.9. The Morgan fingerprint density at radius 3 is 1.56 bits per heavy atom. The molecule has 6 atom stereocenters. The van der Waals surface area contributed by atoms with Crippen LogP contribution in [0.5, 0.6) is 0 Å². The van der Waals surface area contributed by atoms with Crippen molar-refractivity contribution in [2.75, 3.05) is 0 Å². The molecule has 0 nitrogen and oxygen atoms in total. The summed E-state index contributed by atoms with van der Waals surface area (Å²) < 4.78 is 28.3. The molecule has 0 aromatic rings. The Kier molecular flexibility index (Phi) is 4.92. The molecular formula is C22H36F2Si. The highest BCUT2D eigenvalue weighted by Gasteiger charge is 2.54. The van der Waals surface area contributed by atoms with Crippen LogP contribution in [0.2, 0.25) is 25.2 Å². The smallest absolute Gasteiger partial charge is 0.173 e. The zero-order valence-electron chi connectivity index (χ0n) is 16.4. The Morgan fingerprint density at radius 1 is 0.720 bits per heavy atom. The number of halogens is 2. The number of hydrogen-bond acceptors (Lipinski definition) is 0. The molecule has 142 valence electrons. The topological polar surface area (TPSA) is 0 Å². The van der Waals surface area contributed by atoms with Crippen molar-refractivity contribution in [1.82, 2.24) is 0 Å². The standard InChI is InChI=1S/C22H36F2Si/c1-25(2,3)14-12-19-15-8-4-6-10-17(15)21(22(23)24)18-11-7-5-9-16(18)20(19)13-14/h14-20H,4-13H2,1-3H3. The first-order valence-corrected chi connectivity index (χ1v) is 14.5. The van der Waals surface area contributed by atoms with Gasteiger partial charge in [0.05, 0.1) is 0 Å². The maximum atomic E-state index is 14.2. The second kappa shape index (κ2) is 6.76. The Bertz CT molecular complexity index is 497. The van der Waals surface area contributed by atoms with E-state index in [0.29, 0.717) is 17.4 Å². The Balaban J connectivity index is 1.75. The van der Waals surface area contributed by atoms with Gasteiger partial charge in [0.15, 0.2) is 0 Å². The first-order valence-electron chi connectivity index (χ1n) is 10.9. The van der Waals surface area contributed by atoms with Crippen molar-refractivity contribution in [3.8, 4) is 0 Å². The summed E-state index contributed by atoms with van der Waals surface area (Å²) in [6.07, 6.45) is 10.9. The van der Waals surface area contributed by atoms with E-state index in [2.05, 4.69) is 19.6 Å². The normalized spacial score (nSPS) is 44.5. The summed E-state index contributed by atoms with van der Waals surface area (Å²) in [4.78, 5) is 0. The van der Waals surface area contributed by atoms with Gasteiger partial charge in [0.25, 0.3) is 6.08 Å². The molecule has 4 rings (SSSR count). The lowest BCUT2D eigenvalue weighted by atomic mass is 9.68. The van der Waals surface area contributed by atoms with Gasteiger partial charge in [0, 0.05) is 13.6 Å². The van der Waals surface area contributed by atoms with Gasteiger partial charge in [-0.2, -0.15) is 8.78 Å². The van der Waals surface area contributed by atoms with E-state index in [1.54, 1.807) is 0 Å². The van der Waals surface area contributed by atoms with E-state index >= 15 is 0 Å². The number of fused-ring (bicyclic) bond motifs is 5. The molecule has 4 aliphatic rings. The van der Waals surface area contributed by atoms with Crippen LogP contribution in [0.25, 0.3) is 0 Å². The van der Waals surface area contributed by atoms with Crippen molar-refractivity contribution < 1.29 is 8.78 Å². The SMILES string of the molecule is C[Si](C)(C)C1CC2C3CCCCC3C(=C(F)F)C3CCCCC3C2C1. The van der Waals surface area contributed by atoms with Gasteiger partial charge in [0.2, 0.25) is 0 Å². The van der Waals surface area contributed by atoms with Crippen molar-refractivity contribution in [2.45, 2.75) is 89.4 Å². The summed E-state index contributed by atoms with van der Waals surface area (Å²) in [7, 11) is -1.14. The number of hydrogen-bond donors (Lipinski definition) is 0. The van der Waals surface area contributed by atoms with E-state index in [1.807, 2.05) is 0 Å². The van der Waals surface area contributed by atoms with Crippen LogP contribution in [-0.4, -0.2) is 8.07 Å². The van der Waals surface area contributed by atoms with Crippen LogP contribution in [0.1, 0.15) is 64.2 Å². The molecule has 0 amide bonds. The van der Waals surface area contributed by atoms with Gasteiger partial charge in [-0.1, -0.05) is 45.3 Å². The first kappa shape index (κ1) is 18.2. The van der Waals surface area contributed by atoms with Crippen LogP contribution in [0, 0.1) is 35.5 Å². The van der Waals surface area contributed by atoms with Gasteiger partial charge in [-0.3, -0.25) is 0 Å². The summed E-state index contributed by atoms with van der Waals surface area (Å²) in [6.45, 7) is 7.60. The van der Waals surface area contributed by atoms with Gasteiger partial charge < -0.3 is 0 Å². The van der Waals surface area contributed by atoms with E-state index in [9.17, 15) is 8.78 Å². The molecule has 4 fully saturated rings. The number of rotatable bonds is 1. The van der Waals surface area contributed by atoms with Crippen molar-refractivity contribution in [1.29, 1.82) is 0 Å². The summed E-state index contributed by atoms with van der Waals surface area (Å²) in [5.41, 5.74) is 1.58. The molecule has 0 N–H and O–H groups in total. The molecule has 0 saturated heterocycles. The summed E-state index contributed by atoms with van der Waals surface area (Å²) in [5.74, 6) is 3.10. The molecule has 0 heterocycles. The lowest BCUT2D eigenvalue weighted by molar-refractivity contribution is 0.126. The summed E-state index contributed by atoms with van der Waals surface area (Å²) in [6, 6.07) is 0. The van der Waals surface area contributed by atoms with Crippen LogP contribution in [0.4, 0.5) is 8.78 Å². The molecule has 25 heavy (non-hydrogen) atoms. The van der Waals surface area contributed by atoms with Crippen LogP contribution in [0.3, 0.4) is 0 Å².